The van der Waals surface area contributed by atoms with Crippen LogP contribution in [0.3, 0.4) is 0 Å². The van der Waals surface area contributed by atoms with Crippen LogP contribution in [0, 0.1) is 0 Å². The Morgan fingerprint density at radius 3 is 2.56 bits per heavy atom. The third-order valence-corrected chi connectivity index (χ3v) is 6.52. The first-order valence-electron chi connectivity index (χ1n) is 10.7. The molecule has 0 aliphatic carbocycles. The fourth-order valence-corrected chi connectivity index (χ4v) is 4.28. The van der Waals surface area contributed by atoms with E-state index in [4.69, 9.17) is 0 Å². The molecule has 4 rings (SSSR count). The molecule has 1 saturated heterocycles. The van der Waals surface area contributed by atoms with Gasteiger partial charge in [-0.15, -0.1) is 0 Å². The van der Waals surface area contributed by atoms with Crippen LogP contribution in [0.5, 0.6) is 0 Å². The summed E-state index contributed by atoms with van der Waals surface area (Å²) >= 11 is 5.17. The van der Waals surface area contributed by atoms with Gasteiger partial charge in [-0.3, -0.25) is 4.72 Å². The van der Waals surface area contributed by atoms with Crippen LogP contribution in [-0.4, -0.2) is 42.2 Å². The standard InChI is InChI=1S/C23H28BrN7S/c1-16(2)30-32-20-5-3-4-18(14-20)27-22-21(24)15-26-23(29-22)28-17-6-8-19(9-7-17)31-12-10-25-11-13-31/h3-9,14-16,25,30H,10-13H2,1-2H3,(H2,26,27,28,29). The highest BCUT2D eigenvalue weighted by atomic mass is 79.9. The van der Waals surface area contributed by atoms with E-state index in [0.717, 1.165) is 46.9 Å². The Hall–Kier alpha value is -2.33. The molecule has 4 N–H and O–H groups in total. The van der Waals surface area contributed by atoms with Gasteiger partial charge in [0.1, 0.15) is 5.82 Å². The van der Waals surface area contributed by atoms with Crippen LogP contribution in [0.1, 0.15) is 13.8 Å². The lowest BCUT2D eigenvalue weighted by atomic mass is 10.2. The van der Waals surface area contributed by atoms with E-state index in [1.54, 1.807) is 18.1 Å². The van der Waals surface area contributed by atoms with Gasteiger partial charge in [0.2, 0.25) is 5.95 Å². The molecule has 0 atom stereocenters. The van der Waals surface area contributed by atoms with E-state index < -0.39 is 0 Å². The minimum Gasteiger partial charge on any atom is -0.369 e. The van der Waals surface area contributed by atoms with E-state index >= 15 is 0 Å². The number of benzene rings is 2. The number of anilines is 5. The summed E-state index contributed by atoms with van der Waals surface area (Å²) < 4.78 is 4.16. The van der Waals surface area contributed by atoms with Gasteiger partial charge in [0.15, 0.2) is 0 Å². The minimum atomic E-state index is 0.409. The molecular formula is C23H28BrN7S. The van der Waals surface area contributed by atoms with Crippen molar-refractivity contribution in [1.82, 2.24) is 20.0 Å². The average Bonchev–Trinajstić information content (AvgIpc) is 2.81. The predicted octanol–water partition coefficient (Wildman–Crippen LogP) is 5.14. The highest BCUT2D eigenvalue weighted by molar-refractivity contribution is 9.10. The van der Waals surface area contributed by atoms with E-state index in [-0.39, 0.29) is 0 Å². The summed E-state index contributed by atoms with van der Waals surface area (Å²) in [6, 6.07) is 17.0. The lowest BCUT2D eigenvalue weighted by molar-refractivity contribution is 0.589. The smallest absolute Gasteiger partial charge is 0.229 e. The zero-order chi connectivity index (χ0) is 22.3. The van der Waals surface area contributed by atoms with Crippen LogP contribution in [0.4, 0.5) is 28.8 Å². The second kappa shape index (κ2) is 11.0. The Kier molecular flexibility index (Phi) is 7.85. The molecule has 3 aromatic rings. The van der Waals surface area contributed by atoms with Gasteiger partial charge in [-0.2, -0.15) is 4.98 Å². The molecule has 0 unspecified atom stereocenters. The molecule has 1 aromatic heterocycles. The molecule has 7 nitrogen and oxygen atoms in total. The van der Waals surface area contributed by atoms with E-state index in [0.29, 0.717) is 17.8 Å². The van der Waals surface area contributed by atoms with Crippen molar-refractivity contribution in [2.75, 3.05) is 41.7 Å². The topological polar surface area (TPSA) is 77.1 Å². The van der Waals surface area contributed by atoms with Crippen LogP contribution in [0.25, 0.3) is 0 Å². The van der Waals surface area contributed by atoms with Gasteiger partial charge in [0, 0.05) is 60.4 Å². The van der Waals surface area contributed by atoms with Crippen molar-refractivity contribution >= 4 is 56.7 Å². The summed E-state index contributed by atoms with van der Waals surface area (Å²) in [6.45, 7) is 8.37. The second-order valence-corrected chi connectivity index (χ2v) is 9.59. The van der Waals surface area contributed by atoms with Crippen LogP contribution in [0.15, 0.2) is 64.1 Å². The SMILES string of the molecule is CC(C)NSc1cccc(Nc2nc(Nc3ccc(N4CCNCC4)cc3)ncc2Br)c1. The van der Waals surface area contributed by atoms with Gasteiger partial charge in [-0.1, -0.05) is 6.07 Å². The largest absolute Gasteiger partial charge is 0.369 e. The summed E-state index contributed by atoms with van der Waals surface area (Å²) in [6.07, 6.45) is 1.76. The average molecular weight is 514 g/mol. The fourth-order valence-electron chi connectivity index (χ4n) is 3.28. The molecule has 0 bridgehead atoms. The maximum Gasteiger partial charge on any atom is 0.229 e. The number of nitrogens with zero attached hydrogens (tertiary/aromatic N) is 3. The van der Waals surface area contributed by atoms with Gasteiger partial charge < -0.3 is 20.9 Å². The molecule has 2 aromatic carbocycles. The normalized spacial score (nSPS) is 13.9. The Balaban J connectivity index is 1.43. The first kappa shape index (κ1) is 22.8. The van der Waals surface area contributed by atoms with Crippen molar-refractivity contribution in [1.29, 1.82) is 0 Å². The molecule has 9 heteroatoms. The number of rotatable bonds is 8. The molecule has 0 amide bonds. The number of piperazine rings is 1. The molecule has 1 aliphatic rings. The van der Waals surface area contributed by atoms with Crippen LogP contribution < -0.4 is 25.6 Å². The zero-order valence-electron chi connectivity index (χ0n) is 18.2. The monoisotopic (exact) mass is 513 g/mol. The van der Waals surface area contributed by atoms with E-state index in [1.165, 1.54) is 5.69 Å². The number of hydrogen-bond donors (Lipinski definition) is 4. The summed E-state index contributed by atoms with van der Waals surface area (Å²) in [4.78, 5) is 12.6. The van der Waals surface area contributed by atoms with Crippen LogP contribution >= 0.6 is 27.9 Å². The van der Waals surface area contributed by atoms with Gasteiger partial charge in [0.25, 0.3) is 0 Å². The predicted molar refractivity (Wildman–Crippen MR) is 138 cm³/mol. The maximum absolute atomic E-state index is 4.66. The molecule has 0 saturated carbocycles. The third kappa shape index (κ3) is 6.35. The van der Waals surface area contributed by atoms with Crippen molar-refractivity contribution in [2.24, 2.45) is 0 Å². The lowest BCUT2D eigenvalue weighted by Crippen LogP contribution is -2.43. The molecular weight excluding hydrogens is 486 g/mol. The number of aromatic nitrogens is 2. The molecule has 1 fully saturated rings. The first-order chi connectivity index (χ1) is 15.6. The van der Waals surface area contributed by atoms with Gasteiger partial charge in [-0.25, -0.2) is 4.98 Å². The summed E-state index contributed by atoms with van der Waals surface area (Å²) in [7, 11) is 0. The molecule has 2 heterocycles. The number of halogens is 1. The van der Waals surface area contributed by atoms with Gasteiger partial charge in [0.05, 0.1) is 4.47 Å². The van der Waals surface area contributed by atoms with E-state index in [9.17, 15) is 0 Å². The Morgan fingerprint density at radius 2 is 1.81 bits per heavy atom. The first-order valence-corrected chi connectivity index (χ1v) is 12.3. The van der Waals surface area contributed by atoms with Crippen LogP contribution in [0.2, 0.25) is 0 Å². The van der Waals surface area contributed by atoms with E-state index in [1.807, 2.05) is 12.1 Å². The molecule has 168 valence electrons. The van der Waals surface area contributed by atoms with Crippen molar-refractivity contribution in [3.63, 3.8) is 0 Å². The molecule has 0 spiro atoms. The number of hydrogen-bond acceptors (Lipinski definition) is 8. The Labute approximate surface area is 202 Å². The second-order valence-electron chi connectivity index (χ2n) is 7.83. The Morgan fingerprint density at radius 1 is 1.03 bits per heavy atom. The quantitative estimate of drug-likeness (QED) is 0.308. The molecule has 1 aliphatic heterocycles. The highest BCUT2D eigenvalue weighted by Gasteiger charge is 2.11. The fraction of sp³-hybridized carbons (Fsp3) is 0.304. The van der Waals surface area contributed by atoms with Gasteiger partial charge in [-0.05, 0) is 84.2 Å². The van der Waals surface area contributed by atoms with Crippen molar-refractivity contribution in [3.8, 4) is 0 Å². The highest BCUT2D eigenvalue weighted by Crippen LogP contribution is 2.28. The zero-order valence-corrected chi connectivity index (χ0v) is 20.6. The third-order valence-electron chi connectivity index (χ3n) is 4.86. The number of nitrogens with one attached hydrogen (secondary N) is 4. The molecule has 0 radical (unpaired) electrons. The summed E-state index contributed by atoms with van der Waals surface area (Å²) in [5.41, 5.74) is 3.16. The maximum atomic E-state index is 4.66. The van der Waals surface area contributed by atoms with E-state index in [2.05, 4.69) is 102 Å². The Bertz CT molecular complexity index is 1020. The van der Waals surface area contributed by atoms with Crippen LogP contribution in [-0.2, 0) is 0 Å². The molecule has 32 heavy (non-hydrogen) atoms. The lowest BCUT2D eigenvalue weighted by Gasteiger charge is -2.29. The van der Waals surface area contributed by atoms with Crippen molar-refractivity contribution < 1.29 is 0 Å². The minimum absolute atomic E-state index is 0.409. The summed E-state index contributed by atoms with van der Waals surface area (Å²) in [5, 5.41) is 10.1. The van der Waals surface area contributed by atoms with Crippen molar-refractivity contribution in [2.45, 2.75) is 24.8 Å². The summed E-state index contributed by atoms with van der Waals surface area (Å²) in [5.74, 6) is 1.25. The van der Waals surface area contributed by atoms with Gasteiger partial charge >= 0.3 is 0 Å². The van der Waals surface area contributed by atoms with Crippen molar-refractivity contribution in [3.05, 3.63) is 59.2 Å².